The molecule has 1 N–H and O–H groups in total. The highest BCUT2D eigenvalue weighted by Gasteiger charge is 2.43. The van der Waals surface area contributed by atoms with Gasteiger partial charge in [0.2, 0.25) is 6.79 Å². The van der Waals surface area contributed by atoms with Gasteiger partial charge in [-0.2, -0.15) is 0 Å². The summed E-state index contributed by atoms with van der Waals surface area (Å²) in [7, 11) is 1.63. The Morgan fingerprint density at radius 2 is 1.76 bits per heavy atom. The fourth-order valence-corrected chi connectivity index (χ4v) is 5.10. The van der Waals surface area contributed by atoms with E-state index in [4.69, 9.17) is 14.2 Å². The van der Waals surface area contributed by atoms with Crippen LogP contribution in [0.3, 0.4) is 0 Å². The van der Waals surface area contributed by atoms with Crippen LogP contribution in [0.5, 0.6) is 17.2 Å². The highest BCUT2D eigenvalue weighted by atomic mass is 16.7. The zero-order valence-electron chi connectivity index (χ0n) is 19.1. The summed E-state index contributed by atoms with van der Waals surface area (Å²) in [4.78, 5) is 19.5. The van der Waals surface area contributed by atoms with Crippen molar-refractivity contribution in [2.24, 2.45) is 5.92 Å². The minimum Gasteiger partial charge on any atom is -0.497 e. The van der Waals surface area contributed by atoms with E-state index in [1.807, 2.05) is 66.9 Å². The van der Waals surface area contributed by atoms with Gasteiger partial charge in [0, 0.05) is 49.8 Å². The lowest BCUT2D eigenvalue weighted by Gasteiger charge is -2.42. The molecule has 7 nitrogen and oxygen atoms in total. The minimum atomic E-state index is -0.784. The molecule has 34 heavy (non-hydrogen) atoms. The van der Waals surface area contributed by atoms with Crippen LogP contribution in [0, 0.1) is 5.92 Å². The number of likely N-dealkylation sites (tertiary alicyclic amines) is 1. The van der Waals surface area contributed by atoms with E-state index in [-0.39, 0.29) is 18.6 Å². The average molecular weight is 461 g/mol. The third kappa shape index (κ3) is 4.56. The third-order valence-electron chi connectivity index (χ3n) is 6.84. The van der Waals surface area contributed by atoms with Gasteiger partial charge < -0.3 is 24.2 Å². The number of aromatic nitrogens is 1. The summed E-state index contributed by atoms with van der Waals surface area (Å²) in [5.74, 6) is 0.407. The standard InChI is InChI=1S/C27H28N2O5/c1-32-21-8-5-18(6-9-21)22-15-29(13-11-20-4-2-3-12-28-20)16-23(26(22)27(30)31)19-7-10-24-25(14-19)34-17-33-24/h2-10,12,14,22-23,26H,11,13,15-17H2,1H3,(H,30,31)/t22-,23-,26-/m1/s1. The molecule has 7 heteroatoms. The van der Waals surface area contributed by atoms with Crippen molar-refractivity contribution >= 4 is 5.97 Å². The SMILES string of the molecule is COc1ccc([C@H]2CN(CCc3ccccn3)C[C@H](c3ccc4c(c3)OCO4)[C@@H]2C(=O)O)cc1. The minimum absolute atomic E-state index is 0.170. The molecule has 0 amide bonds. The van der Waals surface area contributed by atoms with Gasteiger partial charge in [0.1, 0.15) is 5.75 Å². The number of hydrogen-bond donors (Lipinski definition) is 1. The van der Waals surface area contributed by atoms with Crippen LogP contribution in [0.25, 0.3) is 0 Å². The Kier molecular flexibility index (Phi) is 6.36. The Morgan fingerprint density at radius 1 is 1.03 bits per heavy atom. The van der Waals surface area contributed by atoms with E-state index in [2.05, 4.69) is 9.88 Å². The molecule has 2 aliphatic heterocycles. The highest BCUT2D eigenvalue weighted by Crippen LogP contribution is 2.44. The molecule has 2 aliphatic rings. The first-order valence-corrected chi connectivity index (χ1v) is 11.5. The summed E-state index contributed by atoms with van der Waals surface area (Å²) >= 11 is 0. The fourth-order valence-electron chi connectivity index (χ4n) is 5.10. The van der Waals surface area contributed by atoms with E-state index < -0.39 is 11.9 Å². The predicted octanol–water partition coefficient (Wildman–Crippen LogP) is 3.95. The Labute approximate surface area is 198 Å². The maximum atomic E-state index is 12.7. The number of aliphatic carboxylic acids is 1. The molecule has 0 spiro atoms. The molecule has 2 aromatic carbocycles. The Balaban J connectivity index is 1.48. The van der Waals surface area contributed by atoms with Crippen LogP contribution in [-0.2, 0) is 11.2 Å². The first-order valence-electron chi connectivity index (χ1n) is 11.5. The number of benzene rings is 2. The number of fused-ring (bicyclic) bond motifs is 1. The van der Waals surface area contributed by atoms with Gasteiger partial charge in [0.15, 0.2) is 11.5 Å². The van der Waals surface area contributed by atoms with Gasteiger partial charge in [-0.15, -0.1) is 0 Å². The average Bonchev–Trinajstić information content (AvgIpc) is 3.35. The molecule has 176 valence electrons. The van der Waals surface area contributed by atoms with Crippen molar-refractivity contribution in [3.8, 4) is 17.2 Å². The molecule has 0 radical (unpaired) electrons. The van der Waals surface area contributed by atoms with Crippen molar-refractivity contribution < 1.29 is 24.1 Å². The van der Waals surface area contributed by atoms with Gasteiger partial charge in [-0.3, -0.25) is 9.78 Å². The molecule has 1 aromatic heterocycles. The molecular weight excluding hydrogens is 432 g/mol. The van der Waals surface area contributed by atoms with Crippen LogP contribution in [-0.4, -0.2) is 54.5 Å². The summed E-state index contributed by atoms with van der Waals surface area (Å²) in [6.45, 7) is 2.31. The zero-order valence-corrected chi connectivity index (χ0v) is 19.1. The number of nitrogens with zero attached hydrogens (tertiary/aromatic N) is 2. The summed E-state index contributed by atoms with van der Waals surface area (Å²) in [5, 5.41) is 10.4. The Morgan fingerprint density at radius 3 is 2.47 bits per heavy atom. The summed E-state index contributed by atoms with van der Waals surface area (Å²) in [5.41, 5.74) is 2.99. The van der Waals surface area contributed by atoms with Crippen molar-refractivity contribution in [1.29, 1.82) is 0 Å². The number of carboxylic acid groups (broad SMARTS) is 1. The van der Waals surface area contributed by atoms with Crippen molar-refractivity contribution in [3.63, 3.8) is 0 Å². The molecule has 3 heterocycles. The van der Waals surface area contributed by atoms with E-state index in [1.165, 1.54) is 0 Å². The molecular formula is C27H28N2O5. The van der Waals surface area contributed by atoms with E-state index >= 15 is 0 Å². The maximum Gasteiger partial charge on any atom is 0.307 e. The number of hydrogen-bond acceptors (Lipinski definition) is 6. The second-order valence-electron chi connectivity index (χ2n) is 8.79. The van der Waals surface area contributed by atoms with Gasteiger partial charge in [0.05, 0.1) is 13.0 Å². The van der Waals surface area contributed by atoms with Crippen molar-refractivity contribution in [2.75, 3.05) is 33.5 Å². The highest BCUT2D eigenvalue weighted by molar-refractivity contribution is 5.73. The Bertz CT molecular complexity index is 1140. The van der Waals surface area contributed by atoms with Gasteiger partial charge in [-0.1, -0.05) is 24.3 Å². The van der Waals surface area contributed by atoms with Crippen LogP contribution in [0.2, 0.25) is 0 Å². The van der Waals surface area contributed by atoms with Gasteiger partial charge >= 0.3 is 5.97 Å². The summed E-state index contributed by atoms with van der Waals surface area (Å²) < 4.78 is 16.4. The van der Waals surface area contributed by atoms with E-state index in [1.54, 1.807) is 7.11 Å². The van der Waals surface area contributed by atoms with E-state index in [0.29, 0.717) is 24.6 Å². The normalized spacial score (nSPS) is 21.9. The molecule has 3 atom stereocenters. The van der Waals surface area contributed by atoms with Crippen LogP contribution in [0.4, 0.5) is 0 Å². The number of rotatable bonds is 7. The lowest BCUT2D eigenvalue weighted by atomic mass is 9.71. The van der Waals surface area contributed by atoms with Crippen LogP contribution in [0.15, 0.2) is 66.9 Å². The van der Waals surface area contributed by atoms with Gasteiger partial charge in [-0.05, 0) is 47.5 Å². The number of ether oxygens (including phenoxy) is 3. The topological polar surface area (TPSA) is 81.1 Å². The van der Waals surface area contributed by atoms with Crippen LogP contribution >= 0.6 is 0 Å². The van der Waals surface area contributed by atoms with Crippen molar-refractivity contribution in [3.05, 3.63) is 83.7 Å². The lowest BCUT2D eigenvalue weighted by Crippen LogP contribution is -2.47. The zero-order chi connectivity index (χ0) is 23.5. The molecule has 5 rings (SSSR count). The maximum absolute atomic E-state index is 12.7. The quantitative estimate of drug-likeness (QED) is 0.572. The van der Waals surface area contributed by atoms with Crippen molar-refractivity contribution in [2.45, 2.75) is 18.3 Å². The molecule has 0 bridgehead atoms. The Hall–Kier alpha value is -3.58. The number of piperidine rings is 1. The number of carboxylic acids is 1. The second-order valence-corrected chi connectivity index (χ2v) is 8.79. The van der Waals surface area contributed by atoms with Crippen molar-refractivity contribution in [1.82, 2.24) is 9.88 Å². The number of carbonyl (C=O) groups is 1. The molecule has 0 aliphatic carbocycles. The smallest absolute Gasteiger partial charge is 0.307 e. The number of methoxy groups -OCH3 is 1. The summed E-state index contributed by atoms with van der Waals surface area (Å²) in [6, 6.07) is 19.5. The van der Waals surface area contributed by atoms with Crippen LogP contribution < -0.4 is 14.2 Å². The molecule has 3 aromatic rings. The van der Waals surface area contributed by atoms with E-state index in [9.17, 15) is 9.90 Å². The van der Waals surface area contributed by atoms with Gasteiger partial charge in [-0.25, -0.2) is 0 Å². The molecule has 0 unspecified atom stereocenters. The molecule has 1 saturated heterocycles. The molecule has 0 saturated carbocycles. The summed E-state index contributed by atoms with van der Waals surface area (Å²) in [6.07, 6.45) is 2.61. The lowest BCUT2D eigenvalue weighted by molar-refractivity contribution is -0.145. The third-order valence-corrected chi connectivity index (χ3v) is 6.84. The molecule has 1 fully saturated rings. The van der Waals surface area contributed by atoms with E-state index in [0.717, 1.165) is 35.5 Å². The largest absolute Gasteiger partial charge is 0.497 e. The van der Waals surface area contributed by atoms with Gasteiger partial charge in [0.25, 0.3) is 0 Å². The predicted molar refractivity (Wildman–Crippen MR) is 127 cm³/mol. The van der Waals surface area contributed by atoms with Crippen LogP contribution in [0.1, 0.15) is 28.7 Å². The number of pyridine rings is 1. The fraction of sp³-hybridized carbons (Fsp3) is 0.333. The first kappa shape index (κ1) is 22.2. The monoisotopic (exact) mass is 460 g/mol. The first-order chi connectivity index (χ1) is 16.6. The second kappa shape index (κ2) is 9.73.